The monoisotopic (exact) mass is 333 g/mol. The molecule has 1 aliphatic heterocycles. The first-order valence-corrected chi connectivity index (χ1v) is 8.18. The highest BCUT2D eigenvalue weighted by atomic mass is 32.2. The lowest BCUT2D eigenvalue weighted by atomic mass is 10.1. The molecule has 120 valence electrons. The third kappa shape index (κ3) is 4.04. The van der Waals surface area contributed by atoms with Crippen molar-refractivity contribution < 1.29 is 18.7 Å². The van der Waals surface area contributed by atoms with Crippen LogP contribution >= 0.6 is 11.8 Å². The Labute approximate surface area is 137 Å². The third-order valence-corrected chi connectivity index (χ3v) is 3.80. The normalized spacial score (nSPS) is 13.7. The van der Waals surface area contributed by atoms with Gasteiger partial charge in [0.25, 0.3) is 5.89 Å². The Hall–Kier alpha value is -2.48. The van der Waals surface area contributed by atoms with E-state index < -0.39 is 0 Å². The van der Waals surface area contributed by atoms with Crippen LogP contribution in [-0.2, 0) is 20.7 Å². The molecule has 0 saturated carbocycles. The number of carbonyl (C=O) groups excluding carboxylic acids is 1. The molecule has 7 nitrogen and oxygen atoms in total. The number of hydrogen-bond acceptors (Lipinski definition) is 7. The fourth-order valence-electron chi connectivity index (χ4n) is 1.95. The number of nitrogens with one attached hydrogen (secondary N) is 1. The molecule has 0 unspecified atom stereocenters. The number of rotatable bonds is 5. The van der Waals surface area contributed by atoms with Crippen molar-refractivity contribution in [1.29, 1.82) is 0 Å². The van der Waals surface area contributed by atoms with Gasteiger partial charge in [0.15, 0.2) is 0 Å². The number of thioether (sulfide) groups is 1. The number of nitrogens with zero attached hydrogens (tertiary/aromatic N) is 2. The highest BCUT2D eigenvalue weighted by Gasteiger charge is 2.17. The van der Waals surface area contributed by atoms with Crippen LogP contribution in [-0.4, -0.2) is 35.6 Å². The molecule has 1 aliphatic rings. The van der Waals surface area contributed by atoms with E-state index in [4.69, 9.17) is 13.9 Å². The second kappa shape index (κ2) is 7.19. The molecule has 8 heteroatoms. The van der Waals surface area contributed by atoms with Crippen LogP contribution in [0.1, 0.15) is 11.5 Å². The van der Waals surface area contributed by atoms with Crippen molar-refractivity contribution in [2.45, 2.75) is 11.3 Å². The van der Waals surface area contributed by atoms with Crippen LogP contribution in [0.25, 0.3) is 5.76 Å². The molecule has 1 aromatic carbocycles. The molecule has 0 radical (unpaired) electrons. The maximum absolute atomic E-state index is 12.0. The summed E-state index contributed by atoms with van der Waals surface area (Å²) in [5.41, 5.74) is 0.909. The molecule has 0 bridgehead atoms. The summed E-state index contributed by atoms with van der Waals surface area (Å²) in [5.74, 6) is 0.299. The summed E-state index contributed by atoms with van der Waals surface area (Å²) in [6.07, 6.45) is 3.65. The van der Waals surface area contributed by atoms with Crippen LogP contribution in [0.5, 0.6) is 0 Å². The molecule has 3 rings (SSSR count). The Kier molecular flexibility index (Phi) is 4.82. The maximum atomic E-state index is 12.0. The van der Waals surface area contributed by atoms with E-state index >= 15 is 0 Å². The van der Waals surface area contributed by atoms with Gasteiger partial charge in [-0.05, 0) is 24.0 Å². The number of ether oxygens (including phenoxy) is 2. The Balaban J connectivity index is 1.59. The van der Waals surface area contributed by atoms with Gasteiger partial charge in [-0.3, -0.25) is 10.1 Å². The molecule has 0 atom stereocenters. The van der Waals surface area contributed by atoms with Crippen molar-refractivity contribution in [2.24, 2.45) is 0 Å². The summed E-state index contributed by atoms with van der Waals surface area (Å²) in [6.45, 7) is 0.901. The van der Waals surface area contributed by atoms with E-state index in [1.165, 1.54) is 6.26 Å². The summed E-state index contributed by atoms with van der Waals surface area (Å²) in [7, 11) is 0. The van der Waals surface area contributed by atoms with Gasteiger partial charge in [0.2, 0.25) is 11.7 Å². The van der Waals surface area contributed by atoms with Crippen molar-refractivity contribution in [3.63, 3.8) is 0 Å². The summed E-state index contributed by atoms with van der Waals surface area (Å²) in [4.78, 5) is 13.2. The first-order valence-electron chi connectivity index (χ1n) is 6.96. The minimum absolute atomic E-state index is 0.0285. The van der Waals surface area contributed by atoms with Crippen LogP contribution < -0.4 is 5.32 Å². The van der Waals surface area contributed by atoms with E-state index in [9.17, 15) is 4.79 Å². The second-order valence-corrected chi connectivity index (χ2v) is 5.57. The Morgan fingerprint density at radius 1 is 1.26 bits per heavy atom. The third-order valence-electron chi connectivity index (χ3n) is 3.05. The predicted octanol–water partition coefficient (Wildman–Crippen LogP) is 2.32. The molecule has 2 aromatic rings. The van der Waals surface area contributed by atoms with Crippen LogP contribution in [0.3, 0.4) is 0 Å². The van der Waals surface area contributed by atoms with Gasteiger partial charge >= 0.3 is 6.01 Å². The molecule has 23 heavy (non-hydrogen) atoms. The molecule has 0 spiro atoms. The van der Waals surface area contributed by atoms with Crippen molar-refractivity contribution in [2.75, 3.05) is 24.8 Å². The minimum Gasteiger partial charge on any atom is -0.494 e. The van der Waals surface area contributed by atoms with E-state index in [-0.39, 0.29) is 24.2 Å². The van der Waals surface area contributed by atoms with Crippen molar-refractivity contribution in [3.05, 3.63) is 42.0 Å². The standard InChI is InChI=1S/C15H15N3O4S/c1-23-11-4-2-10(3-5-11)8-13(19)16-15-18-17-14(22-15)12-9-20-6-7-21-12/h2-5,9H,6-8H2,1H3,(H,16,18,19). The van der Waals surface area contributed by atoms with Crippen molar-refractivity contribution in [3.8, 4) is 0 Å². The number of hydrogen-bond donors (Lipinski definition) is 1. The van der Waals surface area contributed by atoms with Gasteiger partial charge in [-0.25, -0.2) is 0 Å². The number of amides is 1. The molecule has 1 aromatic heterocycles. The molecule has 0 fully saturated rings. The summed E-state index contributed by atoms with van der Waals surface area (Å²) in [6, 6.07) is 7.82. The van der Waals surface area contributed by atoms with Crippen molar-refractivity contribution >= 4 is 29.4 Å². The second-order valence-electron chi connectivity index (χ2n) is 4.69. The topological polar surface area (TPSA) is 86.5 Å². The molecule has 0 saturated heterocycles. The Morgan fingerprint density at radius 3 is 2.78 bits per heavy atom. The van der Waals surface area contributed by atoms with Crippen LogP contribution in [0.2, 0.25) is 0 Å². The predicted molar refractivity (Wildman–Crippen MR) is 84.7 cm³/mol. The fraction of sp³-hybridized carbons (Fsp3) is 0.267. The van der Waals surface area contributed by atoms with Crippen molar-refractivity contribution in [1.82, 2.24) is 10.2 Å². The first-order chi connectivity index (χ1) is 11.2. The lowest BCUT2D eigenvalue weighted by molar-refractivity contribution is -0.115. The van der Waals surface area contributed by atoms with E-state index in [0.717, 1.165) is 10.5 Å². The first kappa shape index (κ1) is 15.4. The smallest absolute Gasteiger partial charge is 0.322 e. The summed E-state index contributed by atoms with van der Waals surface area (Å²) >= 11 is 1.65. The van der Waals surface area contributed by atoms with Gasteiger partial charge in [-0.1, -0.05) is 17.2 Å². The van der Waals surface area contributed by atoms with Gasteiger partial charge in [-0.2, -0.15) is 0 Å². The largest absolute Gasteiger partial charge is 0.494 e. The van der Waals surface area contributed by atoms with Crippen LogP contribution in [0.15, 0.2) is 39.8 Å². The summed E-state index contributed by atoms with van der Waals surface area (Å²) < 4.78 is 15.8. The average molecular weight is 333 g/mol. The summed E-state index contributed by atoms with van der Waals surface area (Å²) in [5, 5.41) is 10.2. The number of anilines is 1. The Bertz CT molecular complexity index is 712. The van der Waals surface area contributed by atoms with E-state index in [1.807, 2.05) is 30.5 Å². The molecular formula is C15H15N3O4S. The van der Waals surface area contributed by atoms with Gasteiger partial charge < -0.3 is 13.9 Å². The molecule has 1 amide bonds. The van der Waals surface area contributed by atoms with Gasteiger partial charge in [0.05, 0.1) is 6.42 Å². The minimum atomic E-state index is -0.230. The van der Waals surface area contributed by atoms with E-state index in [0.29, 0.717) is 19.0 Å². The molecule has 2 heterocycles. The van der Waals surface area contributed by atoms with Gasteiger partial charge in [0, 0.05) is 4.90 Å². The van der Waals surface area contributed by atoms with E-state index in [2.05, 4.69) is 15.5 Å². The van der Waals surface area contributed by atoms with Crippen LogP contribution in [0.4, 0.5) is 6.01 Å². The average Bonchev–Trinajstić information content (AvgIpc) is 3.04. The highest BCUT2D eigenvalue weighted by molar-refractivity contribution is 7.98. The number of aromatic nitrogens is 2. The quantitative estimate of drug-likeness (QED) is 0.840. The van der Waals surface area contributed by atoms with Gasteiger partial charge in [-0.15, -0.1) is 16.9 Å². The van der Waals surface area contributed by atoms with Crippen LogP contribution in [0, 0.1) is 0 Å². The molecule has 1 N–H and O–H groups in total. The zero-order valence-electron chi connectivity index (χ0n) is 12.4. The lowest BCUT2D eigenvalue weighted by Crippen LogP contribution is -2.14. The lowest BCUT2D eigenvalue weighted by Gasteiger charge is -2.11. The number of benzene rings is 1. The highest BCUT2D eigenvalue weighted by Crippen LogP contribution is 2.19. The zero-order chi connectivity index (χ0) is 16.1. The molecule has 0 aliphatic carbocycles. The SMILES string of the molecule is CSc1ccc(CC(=O)Nc2nnc(C3=COCCO3)o2)cc1. The molecular weight excluding hydrogens is 318 g/mol. The Morgan fingerprint density at radius 2 is 2.09 bits per heavy atom. The zero-order valence-corrected chi connectivity index (χ0v) is 13.3. The fourth-order valence-corrected chi connectivity index (χ4v) is 2.35. The maximum Gasteiger partial charge on any atom is 0.322 e. The number of carbonyl (C=O) groups is 1. The van der Waals surface area contributed by atoms with E-state index in [1.54, 1.807) is 11.8 Å². The van der Waals surface area contributed by atoms with Gasteiger partial charge in [0.1, 0.15) is 19.5 Å².